The number of rotatable bonds is 4. The molecular formula is C39H44Si2. The number of hydrogen-bond acceptors (Lipinski definition) is 0. The molecule has 0 radical (unpaired) electrons. The Morgan fingerprint density at radius 2 is 0.976 bits per heavy atom. The molecule has 0 amide bonds. The Bertz CT molecular complexity index is 1620. The lowest BCUT2D eigenvalue weighted by Gasteiger charge is -2.42. The first-order chi connectivity index (χ1) is 19.5. The van der Waals surface area contributed by atoms with E-state index in [9.17, 15) is 0 Å². The molecule has 3 aliphatic rings. The highest BCUT2D eigenvalue weighted by Crippen LogP contribution is 2.57. The van der Waals surface area contributed by atoms with Crippen molar-refractivity contribution in [2.24, 2.45) is 0 Å². The van der Waals surface area contributed by atoms with Gasteiger partial charge in [0, 0.05) is 27.0 Å². The van der Waals surface area contributed by atoms with Gasteiger partial charge in [0.25, 0.3) is 0 Å². The Kier molecular flexibility index (Phi) is 6.09. The van der Waals surface area contributed by atoms with E-state index in [-0.39, 0.29) is 10.8 Å². The Labute approximate surface area is 249 Å². The second kappa shape index (κ2) is 9.28. The van der Waals surface area contributed by atoms with Crippen molar-refractivity contribution in [2.75, 3.05) is 0 Å². The predicted octanol–water partition coefficient (Wildman–Crippen LogP) is 10.7. The average Bonchev–Trinajstić information content (AvgIpc) is 3.34. The van der Waals surface area contributed by atoms with Crippen LogP contribution in [0.4, 0.5) is 0 Å². The first-order valence-electron chi connectivity index (χ1n) is 15.6. The van der Waals surface area contributed by atoms with E-state index in [0.29, 0.717) is 0 Å². The molecule has 0 aromatic heterocycles. The molecule has 3 aliphatic carbocycles. The highest BCUT2D eigenvalue weighted by molar-refractivity contribution is 6.78. The molecule has 0 saturated carbocycles. The van der Waals surface area contributed by atoms with Gasteiger partial charge in [0.1, 0.15) is 0 Å². The van der Waals surface area contributed by atoms with Gasteiger partial charge in [0.2, 0.25) is 0 Å². The summed E-state index contributed by atoms with van der Waals surface area (Å²) >= 11 is 0. The minimum Gasteiger partial charge on any atom is -0.0700 e. The van der Waals surface area contributed by atoms with Crippen molar-refractivity contribution in [3.05, 3.63) is 130 Å². The van der Waals surface area contributed by atoms with Crippen molar-refractivity contribution in [1.29, 1.82) is 0 Å². The summed E-state index contributed by atoms with van der Waals surface area (Å²) in [7, 11) is -2.62. The fourth-order valence-corrected chi connectivity index (χ4v) is 11.4. The molecule has 0 aliphatic heterocycles. The maximum Gasteiger partial charge on any atom is 0.0487 e. The summed E-state index contributed by atoms with van der Waals surface area (Å²) in [6, 6.07) is 35.5. The van der Waals surface area contributed by atoms with Crippen LogP contribution in [0, 0.1) is 0 Å². The zero-order chi connectivity index (χ0) is 28.6. The van der Waals surface area contributed by atoms with Gasteiger partial charge < -0.3 is 0 Å². The third kappa shape index (κ3) is 4.64. The molecule has 2 spiro atoms. The summed E-state index contributed by atoms with van der Waals surface area (Å²) in [5.41, 5.74) is 12.4. The van der Waals surface area contributed by atoms with Crippen molar-refractivity contribution < 1.29 is 0 Å². The molecule has 0 bridgehead atoms. The Balaban J connectivity index is 1.53. The zero-order valence-corrected chi connectivity index (χ0v) is 27.8. The third-order valence-corrected chi connectivity index (χ3v) is 12.6. The molecule has 7 rings (SSSR count). The zero-order valence-electron chi connectivity index (χ0n) is 25.8. The highest BCUT2D eigenvalue weighted by Gasteiger charge is 2.49. The number of allylic oxidation sites excluding steroid dienone is 4. The molecule has 4 aromatic carbocycles. The van der Waals surface area contributed by atoms with Crippen LogP contribution in [-0.2, 0) is 23.7 Å². The van der Waals surface area contributed by atoms with Crippen molar-refractivity contribution >= 4 is 38.1 Å². The van der Waals surface area contributed by atoms with Gasteiger partial charge in [0.05, 0.1) is 0 Å². The minimum absolute atomic E-state index is 0.0222. The van der Waals surface area contributed by atoms with E-state index in [0.717, 1.165) is 19.3 Å². The molecule has 2 heteroatoms. The topological polar surface area (TPSA) is 0 Å². The van der Waals surface area contributed by atoms with Crippen LogP contribution in [0.5, 0.6) is 0 Å². The van der Waals surface area contributed by atoms with Gasteiger partial charge in [0.15, 0.2) is 0 Å². The molecule has 0 N–H and O–H groups in total. The van der Waals surface area contributed by atoms with E-state index >= 15 is 0 Å². The summed E-state index contributed by atoms with van der Waals surface area (Å²) in [6.07, 6.45) is 8.81. The number of benzene rings is 4. The Hall–Kier alpha value is -2.95. The second-order valence-corrected chi connectivity index (χ2v) is 26.6. The van der Waals surface area contributed by atoms with Crippen LogP contribution in [0.15, 0.2) is 97.1 Å². The van der Waals surface area contributed by atoms with Crippen molar-refractivity contribution in [3.63, 3.8) is 0 Å². The largest absolute Gasteiger partial charge is 0.0700 e. The molecular weight excluding hydrogens is 525 g/mol. The van der Waals surface area contributed by atoms with Gasteiger partial charge in [-0.1, -0.05) is 136 Å². The Morgan fingerprint density at radius 1 is 0.537 bits per heavy atom. The van der Waals surface area contributed by atoms with Crippen molar-refractivity contribution in [3.8, 4) is 0 Å². The van der Waals surface area contributed by atoms with E-state index in [1.165, 1.54) is 45.1 Å². The van der Waals surface area contributed by atoms with Gasteiger partial charge in [-0.15, -0.1) is 0 Å². The van der Waals surface area contributed by atoms with Crippen molar-refractivity contribution in [1.82, 2.24) is 0 Å². The fraction of sp³-hybridized carbons (Fsp3) is 0.333. The van der Waals surface area contributed by atoms with E-state index in [4.69, 9.17) is 0 Å². The molecule has 0 heterocycles. The maximum atomic E-state index is 2.78. The fourth-order valence-electron chi connectivity index (χ4n) is 8.56. The molecule has 0 nitrogen and oxygen atoms in total. The highest BCUT2D eigenvalue weighted by atomic mass is 28.3. The standard InChI is InChI=1S/C39H44Si2/c1-40(2,3)25-31-23-38(35-19-9-7-17-33(31)35)21-29-15-11-13-28-14-12-16-30(37(28)29)22-39(27-38)24-32(26-41(4,5)6)34-18-8-10-20-36(34)39/h7-20,23-24H,21-22,25-27H2,1-6H3. The van der Waals surface area contributed by atoms with Crippen LogP contribution in [0.2, 0.25) is 51.4 Å². The summed E-state index contributed by atoms with van der Waals surface area (Å²) < 4.78 is 0. The van der Waals surface area contributed by atoms with Gasteiger partial charge in [-0.2, -0.15) is 0 Å². The van der Waals surface area contributed by atoms with Gasteiger partial charge in [-0.05, 0) is 86.7 Å². The summed E-state index contributed by atoms with van der Waals surface area (Å²) in [4.78, 5) is 0. The lowest BCUT2D eigenvalue weighted by atomic mass is 9.60. The minimum atomic E-state index is -1.31. The predicted molar refractivity (Wildman–Crippen MR) is 184 cm³/mol. The van der Waals surface area contributed by atoms with Crippen LogP contribution < -0.4 is 0 Å². The normalized spacial score (nSPS) is 23.3. The summed E-state index contributed by atoms with van der Waals surface area (Å²) in [6.45, 7) is 15.1. The van der Waals surface area contributed by atoms with E-state index in [2.05, 4.69) is 136 Å². The van der Waals surface area contributed by atoms with Crippen LogP contribution in [0.1, 0.15) is 39.8 Å². The maximum absolute atomic E-state index is 2.78. The molecule has 2 atom stereocenters. The van der Waals surface area contributed by atoms with E-state index in [1.807, 2.05) is 0 Å². The smallest absolute Gasteiger partial charge is 0.0487 e. The second-order valence-electron chi connectivity index (χ2n) is 15.7. The SMILES string of the molecule is C[Si](C)(C)CC1=CC2(Cc3cccc4cccc(c34)CC3(C=C(C[Si](C)(C)C)c4ccccc43)C2)c2ccccc21. The lowest BCUT2D eigenvalue weighted by Crippen LogP contribution is -2.39. The van der Waals surface area contributed by atoms with Crippen LogP contribution >= 0.6 is 0 Å². The average molecular weight is 569 g/mol. The van der Waals surface area contributed by atoms with E-state index in [1.54, 1.807) is 22.3 Å². The van der Waals surface area contributed by atoms with Gasteiger partial charge in [-0.25, -0.2) is 0 Å². The van der Waals surface area contributed by atoms with Crippen LogP contribution in [0.3, 0.4) is 0 Å². The monoisotopic (exact) mass is 568 g/mol. The molecule has 0 saturated heterocycles. The van der Waals surface area contributed by atoms with E-state index < -0.39 is 16.1 Å². The number of hydrogen-bond donors (Lipinski definition) is 0. The van der Waals surface area contributed by atoms with Gasteiger partial charge >= 0.3 is 0 Å². The van der Waals surface area contributed by atoms with Crippen LogP contribution in [0.25, 0.3) is 21.9 Å². The first kappa shape index (κ1) is 26.9. The van der Waals surface area contributed by atoms with Gasteiger partial charge in [-0.3, -0.25) is 0 Å². The molecule has 4 aromatic rings. The Morgan fingerprint density at radius 3 is 1.41 bits per heavy atom. The third-order valence-electron chi connectivity index (χ3n) is 9.68. The first-order valence-corrected chi connectivity index (χ1v) is 23.0. The molecule has 0 fully saturated rings. The lowest BCUT2D eigenvalue weighted by molar-refractivity contribution is 0.367. The molecule has 208 valence electrons. The molecule has 41 heavy (non-hydrogen) atoms. The van der Waals surface area contributed by atoms with Crippen LogP contribution in [-0.4, -0.2) is 16.1 Å². The molecule has 2 unspecified atom stereocenters. The number of fused-ring (bicyclic) bond motifs is 4. The summed E-state index contributed by atoms with van der Waals surface area (Å²) in [5, 5.41) is 2.89. The summed E-state index contributed by atoms with van der Waals surface area (Å²) in [5.74, 6) is 0. The van der Waals surface area contributed by atoms with Crippen molar-refractivity contribution in [2.45, 2.75) is 81.5 Å². The quantitative estimate of drug-likeness (QED) is 0.215.